The number of thioether (sulfide) groups is 1. The average molecular weight is 274 g/mol. The second kappa shape index (κ2) is 6.29. The molecular weight excluding hydrogens is 260 g/mol. The summed E-state index contributed by atoms with van der Waals surface area (Å²) >= 11 is 1.47. The van der Waals surface area contributed by atoms with Crippen LogP contribution in [0.25, 0.3) is 0 Å². The summed E-state index contributed by atoms with van der Waals surface area (Å²) < 4.78 is 5.13. The van der Waals surface area contributed by atoms with Crippen molar-refractivity contribution in [2.45, 2.75) is 4.90 Å². The number of carbonyl (C=O) groups excluding carboxylic acids is 1. The third kappa shape index (κ3) is 3.76. The van der Waals surface area contributed by atoms with Crippen molar-refractivity contribution in [3.8, 4) is 11.5 Å². The van der Waals surface area contributed by atoms with Crippen molar-refractivity contribution in [2.75, 3.05) is 12.9 Å². The minimum atomic E-state index is 0.0350. The fourth-order valence-corrected chi connectivity index (χ4v) is 2.41. The van der Waals surface area contributed by atoms with Crippen LogP contribution in [0, 0.1) is 0 Å². The lowest BCUT2D eigenvalue weighted by Crippen LogP contribution is -2.01. The van der Waals surface area contributed by atoms with Crippen molar-refractivity contribution in [3.05, 3.63) is 54.1 Å². The van der Waals surface area contributed by atoms with Crippen LogP contribution in [0.1, 0.15) is 10.4 Å². The van der Waals surface area contributed by atoms with Gasteiger partial charge in [0.05, 0.1) is 12.9 Å². The third-order valence-electron chi connectivity index (χ3n) is 2.60. The van der Waals surface area contributed by atoms with E-state index in [1.807, 2.05) is 24.3 Å². The first-order valence-corrected chi connectivity index (χ1v) is 6.76. The molecule has 1 N–H and O–H groups in total. The van der Waals surface area contributed by atoms with E-state index >= 15 is 0 Å². The van der Waals surface area contributed by atoms with Gasteiger partial charge in [-0.15, -0.1) is 11.8 Å². The highest BCUT2D eigenvalue weighted by atomic mass is 32.2. The molecule has 0 unspecified atom stereocenters. The molecule has 0 saturated carbocycles. The molecule has 0 radical (unpaired) electrons. The van der Waals surface area contributed by atoms with E-state index in [0.717, 1.165) is 10.6 Å². The number of phenols is 1. The quantitative estimate of drug-likeness (QED) is 0.670. The fraction of sp³-hybridized carbons (Fsp3) is 0.133. The first kappa shape index (κ1) is 13.5. The molecule has 0 fully saturated rings. The lowest BCUT2D eigenvalue weighted by molar-refractivity contribution is 0.102. The number of hydrogen-bond donors (Lipinski definition) is 1. The van der Waals surface area contributed by atoms with Gasteiger partial charge in [-0.1, -0.05) is 6.07 Å². The molecule has 0 aliphatic heterocycles. The van der Waals surface area contributed by atoms with Gasteiger partial charge in [-0.25, -0.2) is 0 Å². The zero-order chi connectivity index (χ0) is 13.7. The molecule has 98 valence electrons. The van der Waals surface area contributed by atoms with Gasteiger partial charge in [0.2, 0.25) is 0 Å². The van der Waals surface area contributed by atoms with Crippen LogP contribution in [0.5, 0.6) is 11.5 Å². The van der Waals surface area contributed by atoms with E-state index in [0.29, 0.717) is 11.3 Å². The maximum atomic E-state index is 12.0. The van der Waals surface area contributed by atoms with Crippen molar-refractivity contribution in [1.82, 2.24) is 0 Å². The molecule has 0 aliphatic carbocycles. The molecule has 4 heteroatoms. The maximum Gasteiger partial charge on any atom is 0.173 e. The van der Waals surface area contributed by atoms with E-state index in [2.05, 4.69) is 0 Å². The van der Waals surface area contributed by atoms with E-state index in [1.165, 1.54) is 23.9 Å². The van der Waals surface area contributed by atoms with E-state index in [1.54, 1.807) is 19.2 Å². The summed E-state index contributed by atoms with van der Waals surface area (Å²) in [7, 11) is 1.62. The van der Waals surface area contributed by atoms with Crippen LogP contribution in [0.4, 0.5) is 0 Å². The summed E-state index contributed by atoms with van der Waals surface area (Å²) in [6, 6.07) is 13.9. The predicted octanol–water partition coefficient (Wildman–Crippen LogP) is 3.38. The number of aromatic hydroxyl groups is 1. The summed E-state index contributed by atoms with van der Waals surface area (Å²) in [5.74, 6) is 1.34. The van der Waals surface area contributed by atoms with Crippen molar-refractivity contribution in [2.24, 2.45) is 0 Å². The second-order valence-electron chi connectivity index (χ2n) is 3.94. The smallest absolute Gasteiger partial charge is 0.173 e. The molecule has 0 heterocycles. The first-order chi connectivity index (χ1) is 9.19. The Morgan fingerprint density at radius 3 is 2.63 bits per heavy atom. The van der Waals surface area contributed by atoms with E-state index in [9.17, 15) is 9.90 Å². The summed E-state index contributed by atoms with van der Waals surface area (Å²) in [6.07, 6.45) is 0. The van der Waals surface area contributed by atoms with Crippen LogP contribution >= 0.6 is 11.8 Å². The number of rotatable bonds is 5. The van der Waals surface area contributed by atoms with Gasteiger partial charge in [-0.05, 0) is 42.5 Å². The van der Waals surface area contributed by atoms with Crippen LogP contribution < -0.4 is 4.74 Å². The number of carbonyl (C=O) groups is 1. The second-order valence-corrected chi connectivity index (χ2v) is 4.99. The number of methoxy groups -OCH3 is 1. The summed E-state index contributed by atoms with van der Waals surface area (Å²) in [6.45, 7) is 0. The molecule has 0 atom stereocenters. The minimum Gasteiger partial charge on any atom is -0.508 e. The van der Waals surface area contributed by atoms with Gasteiger partial charge in [0.15, 0.2) is 5.78 Å². The number of phenolic OH excluding ortho intramolecular Hbond substituents is 1. The highest BCUT2D eigenvalue weighted by Gasteiger charge is 2.07. The first-order valence-electron chi connectivity index (χ1n) is 5.78. The van der Waals surface area contributed by atoms with Crippen LogP contribution in [0.2, 0.25) is 0 Å². The lowest BCUT2D eigenvalue weighted by atomic mass is 10.1. The zero-order valence-electron chi connectivity index (χ0n) is 10.5. The molecule has 0 aliphatic rings. The van der Waals surface area contributed by atoms with Crippen LogP contribution in [-0.2, 0) is 0 Å². The highest BCUT2D eigenvalue weighted by molar-refractivity contribution is 8.00. The number of hydrogen-bond acceptors (Lipinski definition) is 4. The van der Waals surface area contributed by atoms with Gasteiger partial charge in [0.1, 0.15) is 11.5 Å². The Kier molecular flexibility index (Phi) is 4.47. The number of Topliss-reactive ketones (excluding diaryl/α,β-unsaturated/α-hetero) is 1. The van der Waals surface area contributed by atoms with Crippen LogP contribution in [0.3, 0.4) is 0 Å². The fourth-order valence-electron chi connectivity index (χ4n) is 1.57. The molecule has 3 nitrogen and oxygen atoms in total. The van der Waals surface area contributed by atoms with Gasteiger partial charge in [0, 0.05) is 10.5 Å². The third-order valence-corrected chi connectivity index (χ3v) is 3.59. The normalized spacial score (nSPS) is 10.2. The largest absolute Gasteiger partial charge is 0.508 e. The predicted molar refractivity (Wildman–Crippen MR) is 76.2 cm³/mol. The highest BCUT2D eigenvalue weighted by Crippen LogP contribution is 2.23. The molecule has 19 heavy (non-hydrogen) atoms. The Morgan fingerprint density at radius 2 is 1.95 bits per heavy atom. The van der Waals surface area contributed by atoms with Gasteiger partial charge >= 0.3 is 0 Å². The molecule has 2 aromatic carbocycles. The molecule has 0 bridgehead atoms. The molecule has 2 rings (SSSR count). The Balaban J connectivity index is 1.98. The Hall–Kier alpha value is -1.94. The van der Waals surface area contributed by atoms with Gasteiger partial charge in [-0.3, -0.25) is 4.79 Å². The monoisotopic (exact) mass is 274 g/mol. The summed E-state index contributed by atoms with van der Waals surface area (Å²) in [4.78, 5) is 12.9. The van der Waals surface area contributed by atoms with Crippen molar-refractivity contribution in [3.63, 3.8) is 0 Å². The van der Waals surface area contributed by atoms with Crippen molar-refractivity contribution in [1.29, 1.82) is 0 Å². The summed E-state index contributed by atoms with van der Waals surface area (Å²) in [5, 5.41) is 9.17. The Bertz CT molecular complexity index is 564. The van der Waals surface area contributed by atoms with E-state index in [4.69, 9.17) is 4.74 Å². The number of ether oxygens (including phenoxy) is 1. The Morgan fingerprint density at radius 1 is 1.21 bits per heavy atom. The number of ketones is 1. The van der Waals surface area contributed by atoms with Crippen molar-refractivity contribution >= 4 is 17.5 Å². The lowest BCUT2D eigenvalue weighted by Gasteiger charge is -2.04. The SMILES string of the molecule is COc1cccc(SCC(=O)c2ccc(O)cc2)c1. The molecule has 0 spiro atoms. The Labute approximate surface area is 116 Å². The molecular formula is C15H14O3S. The van der Waals surface area contributed by atoms with Crippen LogP contribution in [-0.4, -0.2) is 23.8 Å². The van der Waals surface area contributed by atoms with Gasteiger partial charge in [-0.2, -0.15) is 0 Å². The van der Waals surface area contributed by atoms with E-state index in [-0.39, 0.29) is 11.5 Å². The molecule has 2 aromatic rings. The topological polar surface area (TPSA) is 46.5 Å². The van der Waals surface area contributed by atoms with E-state index < -0.39 is 0 Å². The molecule has 0 aromatic heterocycles. The van der Waals surface area contributed by atoms with Gasteiger partial charge in [0.25, 0.3) is 0 Å². The molecule has 0 saturated heterocycles. The van der Waals surface area contributed by atoms with Crippen molar-refractivity contribution < 1.29 is 14.6 Å². The maximum absolute atomic E-state index is 12.0. The standard InChI is InChI=1S/C15H14O3S/c1-18-13-3-2-4-14(9-13)19-10-15(17)11-5-7-12(16)8-6-11/h2-9,16H,10H2,1H3. The summed E-state index contributed by atoms with van der Waals surface area (Å²) in [5.41, 5.74) is 0.605. The molecule has 0 amide bonds. The van der Waals surface area contributed by atoms with Crippen LogP contribution in [0.15, 0.2) is 53.4 Å². The minimum absolute atomic E-state index is 0.0350. The zero-order valence-corrected chi connectivity index (χ0v) is 11.3. The van der Waals surface area contributed by atoms with Gasteiger partial charge < -0.3 is 9.84 Å². The average Bonchev–Trinajstić information content (AvgIpc) is 2.46. The number of benzene rings is 2.